The second-order valence-corrected chi connectivity index (χ2v) is 9.84. The lowest BCUT2D eigenvalue weighted by Crippen LogP contribution is -2.51. The monoisotopic (exact) mass is 540 g/mol. The Morgan fingerprint density at radius 2 is 1.90 bits per heavy atom. The van der Waals surface area contributed by atoms with E-state index in [0.717, 1.165) is 17.8 Å². The van der Waals surface area contributed by atoms with Crippen molar-refractivity contribution in [2.24, 2.45) is 0 Å². The fourth-order valence-corrected chi connectivity index (χ4v) is 4.79. The van der Waals surface area contributed by atoms with Gasteiger partial charge in [-0.2, -0.15) is 0 Å². The smallest absolute Gasteiger partial charge is 0.219 e. The lowest BCUT2D eigenvalue weighted by molar-refractivity contribution is -0.132. The van der Waals surface area contributed by atoms with E-state index >= 15 is 0 Å². The Kier molecular flexibility index (Phi) is 9.42. The van der Waals surface area contributed by atoms with Crippen molar-refractivity contribution in [2.45, 2.75) is 39.0 Å². The number of aromatic nitrogens is 2. The molecule has 4 rings (SSSR count). The molecule has 1 unspecified atom stereocenters. The van der Waals surface area contributed by atoms with Crippen LogP contribution in [-0.4, -0.2) is 82.5 Å². The summed E-state index contributed by atoms with van der Waals surface area (Å²) in [6, 6.07) is 11.5. The molecular weight excluding hydrogens is 503 g/mol. The molecule has 1 amide bonds. The maximum atomic E-state index is 13.3. The first-order valence-electron chi connectivity index (χ1n) is 13.2. The van der Waals surface area contributed by atoms with Crippen molar-refractivity contribution >= 4 is 5.91 Å². The number of methoxy groups -OCH3 is 1. The first kappa shape index (κ1) is 28.4. The van der Waals surface area contributed by atoms with E-state index in [1.165, 1.54) is 31.2 Å². The van der Waals surface area contributed by atoms with E-state index in [4.69, 9.17) is 14.2 Å². The van der Waals surface area contributed by atoms with Crippen molar-refractivity contribution < 1.29 is 28.5 Å². The molecule has 0 radical (unpaired) electrons. The van der Waals surface area contributed by atoms with Crippen LogP contribution in [0.3, 0.4) is 0 Å². The third-order valence-electron chi connectivity index (χ3n) is 6.80. The van der Waals surface area contributed by atoms with Crippen LogP contribution in [0.2, 0.25) is 0 Å². The molecule has 0 spiro atoms. The second-order valence-electron chi connectivity index (χ2n) is 9.84. The molecule has 0 aliphatic carbocycles. The molecule has 1 aliphatic heterocycles. The molecule has 0 saturated carbocycles. The van der Waals surface area contributed by atoms with Gasteiger partial charge in [0.25, 0.3) is 0 Å². The molecule has 210 valence electrons. The highest BCUT2D eigenvalue weighted by atomic mass is 19.1. The van der Waals surface area contributed by atoms with E-state index in [2.05, 4.69) is 21.4 Å². The van der Waals surface area contributed by atoms with Crippen molar-refractivity contribution in [1.82, 2.24) is 19.4 Å². The van der Waals surface area contributed by atoms with E-state index in [0.29, 0.717) is 56.6 Å². The van der Waals surface area contributed by atoms with Crippen LogP contribution in [0.25, 0.3) is 0 Å². The number of amides is 1. The molecular formula is C29H37FN4O5. The lowest BCUT2D eigenvalue weighted by Gasteiger charge is -2.32. The Bertz CT molecular complexity index is 1230. The number of benzene rings is 2. The van der Waals surface area contributed by atoms with Crippen LogP contribution in [0.15, 0.2) is 54.9 Å². The largest absolute Gasteiger partial charge is 0.493 e. The summed E-state index contributed by atoms with van der Waals surface area (Å²) in [5.41, 5.74) is -0.325. The highest BCUT2D eigenvalue weighted by Crippen LogP contribution is 2.29. The Morgan fingerprint density at radius 3 is 2.62 bits per heavy atom. The summed E-state index contributed by atoms with van der Waals surface area (Å²) in [6.45, 7) is 6.75. The summed E-state index contributed by atoms with van der Waals surface area (Å²) >= 11 is 0. The van der Waals surface area contributed by atoms with Gasteiger partial charge in [0.15, 0.2) is 11.5 Å². The summed E-state index contributed by atoms with van der Waals surface area (Å²) in [6.07, 6.45) is 4.60. The SMILES string of the molecule is CCc1nccn1CCOc1ccc(CN2CCN(C(C)=O)CC(O)(COc3ccc(F)cc3)C2)cc1OC. The summed E-state index contributed by atoms with van der Waals surface area (Å²) in [4.78, 5) is 20.3. The lowest BCUT2D eigenvalue weighted by atomic mass is 10.0. The summed E-state index contributed by atoms with van der Waals surface area (Å²) in [7, 11) is 1.61. The zero-order valence-electron chi connectivity index (χ0n) is 22.8. The van der Waals surface area contributed by atoms with E-state index < -0.39 is 5.60 Å². The summed E-state index contributed by atoms with van der Waals surface area (Å²) in [5.74, 6) is 2.28. The number of nitrogens with zero attached hydrogens (tertiary/aromatic N) is 4. The molecule has 10 heteroatoms. The Labute approximate surface area is 228 Å². The number of carbonyl (C=O) groups is 1. The van der Waals surface area contributed by atoms with Gasteiger partial charge in [0.1, 0.15) is 36.2 Å². The van der Waals surface area contributed by atoms with E-state index in [9.17, 15) is 14.3 Å². The number of carbonyl (C=O) groups excluding carboxylic acids is 1. The topological polar surface area (TPSA) is 89.3 Å². The molecule has 1 aliphatic rings. The molecule has 0 bridgehead atoms. The van der Waals surface area contributed by atoms with Crippen LogP contribution in [-0.2, 0) is 24.3 Å². The first-order chi connectivity index (χ1) is 18.8. The zero-order valence-corrected chi connectivity index (χ0v) is 22.8. The average Bonchev–Trinajstić information content (AvgIpc) is 3.31. The molecule has 2 heterocycles. The average molecular weight is 541 g/mol. The van der Waals surface area contributed by atoms with Crippen LogP contribution < -0.4 is 14.2 Å². The van der Waals surface area contributed by atoms with Gasteiger partial charge in [-0.1, -0.05) is 13.0 Å². The quantitative estimate of drug-likeness (QED) is 0.400. The number of halogens is 1. The molecule has 1 atom stereocenters. The van der Waals surface area contributed by atoms with Gasteiger partial charge in [-0.3, -0.25) is 9.69 Å². The van der Waals surface area contributed by atoms with E-state index in [-0.39, 0.29) is 24.9 Å². The standard InChI is InChI=1S/C29H37FN4O5/c1-4-28-31-11-12-33(28)15-16-38-26-10-5-23(17-27(26)37-3)18-32-13-14-34(22(2)35)20-29(36,19-32)21-39-25-8-6-24(30)7-9-25/h5-12,17,36H,4,13-16,18-21H2,1-3H3. The Morgan fingerprint density at radius 1 is 1.10 bits per heavy atom. The fraction of sp³-hybridized carbons (Fsp3) is 0.448. The predicted molar refractivity (Wildman–Crippen MR) is 144 cm³/mol. The molecule has 2 aromatic carbocycles. The van der Waals surface area contributed by atoms with E-state index in [1.807, 2.05) is 24.4 Å². The summed E-state index contributed by atoms with van der Waals surface area (Å²) in [5, 5.41) is 11.5. The third-order valence-corrected chi connectivity index (χ3v) is 6.80. The van der Waals surface area contributed by atoms with Gasteiger partial charge in [-0.15, -0.1) is 0 Å². The number of imidazole rings is 1. The van der Waals surface area contributed by atoms with Crippen LogP contribution in [0, 0.1) is 5.82 Å². The van der Waals surface area contributed by atoms with Gasteiger partial charge in [0.2, 0.25) is 5.91 Å². The number of ether oxygens (including phenoxy) is 3. The molecule has 39 heavy (non-hydrogen) atoms. The molecule has 1 fully saturated rings. The van der Waals surface area contributed by atoms with Gasteiger partial charge >= 0.3 is 0 Å². The molecule has 1 N–H and O–H groups in total. The van der Waals surface area contributed by atoms with Crippen molar-refractivity contribution in [2.75, 3.05) is 46.5 Å². The van der Waals surface area contributed by atoms with Gasteiger partial charge in [0, 0.05) is 51.9 Å². The fourth-order valence-electron chi connectivity index (χ4n) is 4.79. The van der Waals surface area contributed by atoms with E-state index in [1.54, 1.807) is 18.2 Å². The number of aryl methyl sites for hydroxylation is 1. The van der Waals surface area contributed by atoms with Crippen LogP contribution in [0.4, 0.5) is 4.39 Å². The molecule has 9 nitrogen and oxygen atoms in total. The minimum Gasteiger partial charge on any atom is -0.493 e. The van der Waals surface area contributed by atoms with Gasteiger partial charge in [0.05, 0.1) is 20.2 Å². The molecule has 3 aromatic rings. The minimum absolute atomic E-state index is 0.0360. The second kappa shape index (κ2) is 12.9. The minimum atomic E-state index is -1.31. The van der Waals surface area contributed by atoms with Crippen molar-refractivity contribution in [1.29, 1.82) is 0 Å². The van der Waals surface area contributed by atoms with Gasteiger partial charge < -0.3 is 28.8 Å². The highest BCUT2D eigenvalue weighted by molar-refractivity contribution is 5.73. The Hall–Kier alpha value is -3.63. The van der Waals surface area contributed by atoms with Crippen molar-refractivity contribution in [3.05, 3.63) is 72.1 Å². The van der Waals surface area contributed by atoms with Crippen molar-refractivity contribution in [3.8, 4) is 17.2 Å². The molecule has 1 saturated heterocycles. The number of β-amino-alcohol motifs (C(OH)–C–C–N with tert-alkyl or cyclic N) is 1. The number of hydrogen-bond acceptors (Lipinski definition) is 7. The van der Waals surface area contributed by atoms with Crippen LogP contribution in [0.1, 0.15) is 25.2 Å². The maximum absolute atomic E-state index is 13.3. The maximum Gasteiger partial charge on any atom is 0.219 e. The highest BCUT2D eigenvalue weighted by Gasteiger charge is 2.37. The number of aliphatic hydroxyl groups is 1. The zero-order chi connectivity index (χ0) is 27.8. The van der Waals surface area contributed by atoms with Crippen molar-refractivity contribution in [3.63, 3.8) is 0 Å². The van der Waals surface area contributed by atoms with Crippen LogP contribution >= 0.6 is 0 Å². The van der Waals surface area contributed by atoms with Crippen LogP contribution in [0.5, 0.6) is 17.2 Å². The third kappa shape index (κ3) is 7.70. The Balaban J connectivity index is 1.41. The van der Waals surface area contributed by atoms with Gasteiger partial charge in [-0.25, -0.2) is 9.37 Å². The predicted octanol–water partition coefficient (Wildman–Crippen LogP) is 3.15. The normalized spacial score (nSPS) is 18.0. The first-order valence-corrected chi connectivity index (χ1v) is 13.2. The van der Waals surface area contributed by atoms with Gasteiger partial charge in [-0.05, 0) is 42.0 Å². The molecule has 1 aromatic heterocycles. The number of rotatable bonds is 11. The number of hydrogen-bond donors (Lipinski definition) is 1. The summed E-state index contributed by atoms with van der Waals surface area (Å²) < 4.78 is 32.7.